The van der Waals surface area contributed by atoms with Gasteiger partial charge in [-0.15, -0.1) is 0 Å². The summed E-state index contributed by atoms with van der Waals surface area (Å²) in [6.45, 7) is 4.95. The first-order chi connectivity index (χ1) is 35.5. The van der Waals surface area contributed by atoms with Crippen LogP contribution in [0.3, 0.4) is 0 Å². The van der Waals surface area contributed by atoms with E-state index in [-0.39, 0.29) is 18.5 Å². The third-order valence-corrected chi connectivity index (χ3v) is 15.2. The summed E-state index contributed by atoms with van der Waals surface area (Å²) in [6, 6.07) is -0.539. The molecule has 0 aromatic heterocycles. The molecular weight excluding hydrogens is 887 g/mol. The molecule has 0 rings (SSSR count). The summed E-state index contributed by atoms with van der Waals surface area (Å²) < 4.78 is 5.50. The second kappa shape index (κ2) is 61.9. The molecule has 0 aliphatic heterocycles. The maximum absolute atomic E-state index is 12.4. The maximum Gasteiger partial charge on any atom is 0.305 e. The molecule has 0 radical (unpaired) electrons. The van der Waals surface area contributed by atoms with Crippen LogP contribution in [0.4, 0.5) is 0 Å². The number of amides is 1. The number of allylic oxidation sites excluding steroid dienone is 4. The highest BCUT2D eigenvalue weighted by atomic mass is 16.5. The van der Waals surface area contributed by atoms with Crippen LogP contribution < -0.4 is 5.32 Å². The van der Waals surface area contributed by atoms with Crippen molar-refractivity contribution in [3.05, 3.63) is 24.3 Å². The van der Waals surface area contributed by atoms with E-state index >= 15 is 0 Å². The minimum atomic E-state index is -0.661. The van der Waals surface area contributed by atoms with Gasteiger partial charge in [0.1, 0.15) is 0 Å². The first kappa shape index (κ1) is 70.3. The van der Waals surface area contributed by atoms with Crippen LogP contribution in [0, 0.1) is 0 Å². The lowest BCUT2D eigenvalue weighted by atomic mass is 10.0. The van der Waals surface area contributed by atoms with Crippen LogP contribution in [0.15, 0.2) is 24.3 Å². The van der Waals surface area contributed by atoms with E-state index < -0.39 is 12.1 Å². The van der Waals surface area contributed by atoms with Crippen molar-refractivity contribution in [1.82, 2.24) is 5.32 Å². The lowest BCUT2D eigenvalue weighted by Crippen LogP contribution is -2.45. The number of rotatable bonds is 61. The number of unbranched alkanes of at least 4 members (excludes halogenated alkanes) is 46. The third-order valence-electron chi connectivity index (χ3n) is 15.2. The third kappa shape index (κ3) is 57.6. The Balaban J connectivity index is 3.33. The Hall–Kier alpha value is -1.66. The number of hydrogen-bond acceptors (Lipinski definition) is 5. The summed E-state index contributed by atoms with van der Waals surface area (Å²) >= 11 is 0. The molecular formula is C66H127NO5. The van der Waals surface area contributed by atoms with Crippen LogP contribution in [0.1, 0.15) is 361 Å². The van der Waals surface area contributed by atoms with E-state index in [0.29, 0.717) is 25.9 Å². The smallest absolute Gasteiger partial charge is 0.305 e. The second-order valence-electron chi connectivity index (χ2n) is 22.4. The molecule has 0 aromatic carbocycles. The molecule has 0 aliphatic rings. The zero-order valence-corrected chi connectivity index (χ0v) is 48.7. The summed E-state index contributed by atoms with van der Waals surface area (Å²) in [5, 5.41) is 23.1. The van der Waals surface area contributed by atoms with Crippen molar-refractivity contribution in [2.45, 2.75) is 373 Å². The monoisotopic (exact) mass is 1010 g/mol. The molecule has 3 N–H and O–H groups in total. The molecule has 6 nitrogen and oxygen atoms in total. The Labute approximate surface area is 450 Å². The number of aliphatic hydroxyl groups is 2. The molecule has 0 fully saturated rings. The van der Waals surface area contributed by atoms with E-state index in [4.69, 9.17) is 4.74 Å². The van der Waals surface area contributed by atoms with Gasteiger partial charge >= 0.3 is 5.97 Å². The fourth-order valence-electron chi connectivity index (χ4n) is 10.2. The molecule has 2 unspecified atom stereocenters. The number of hydrogen-bond donors (Lipinski definition) is 3. The molecule has 0 saturated carbocycles. The van der Waals surface area contributed by atoms with E-state index in [9.17, 15) is 19.8 Å². The predicted molar refractivity (Wildman–Crippen MR) is 315 cm³/mol. The molecule has 6 heteroatoms. The molecule has 0 bridgehead atoms. The average Bonchev–Trinajstić information content (AvgIpc) is 3.38. The van der Waals surface area contributed by atoms with E-state index in [1.165, 1.54) is 283 Å². The first-order valence-electron chi connectivity index (χ1n) is 32.6. The zero-order valence-electron chi connectivity index (χ0n) is 48.7. The van der Waals surface area contributed by atoms with Gasteiger partial charge in [-0.25, -0.2) is 0 Å². The van der Waals surface area contributed by atoms with Crippen LogP contribution >= 0.6 is 0 Å². The van der Waals surface area contributed by atoms with Crippen molar-refractivity contribution in [1.29, 1.82) is 0 Å². The largest absolute Gasteiger partial charge is 0.466 e. The molecule has 0 aromatic rings. The van der Waals surface area contributed by atoms with Gasteiger partial charge in [0, 0.05) is 12.8 Å². The highest BCUT2D eigenvalue weighted by Crippen LogP contribution is 2.18. The van der Waals surface area contributed by atoms with E-state index in [1.54, 1.807) is 0 Å². The molecule has 0 spiro atoms. The minimum Gasteiger partial charge on any atom is -0.466 e. The summed E-state index contributed by atoms with van der Waals surface area (Å²) in [5.74, 6) is -0.0230. The summed E-state index contributed by atoms with van der Waals surface area (Å²) in [5.41, 5.74) is 0. The molecule has 2 atom stereocenters. The zero-order chi connectivity index (χ0) is 52.2. The van der Waals surface area contributed by atoms with Gasteiger partial charge in [0.2, 0.25) is 5.91 Å². The lowest BCUT2D eigenvalue weighted by Gasteiger charge is -2.22. The molecule has 72 heavy (non-hydrogen) atoms. The van der Waals surface area contributed by atoms with Crippen molar-refractivity contribution >= 4 is 11.9 Å². The van der Waals surface area contributed by atoms with Crippen LogP contribution in [0.2, 0.25) is 0 Å². The van der Waals surface area contributed by atoms with Gasteiger partial charge in [-0.3, -0.25) is 9.59 Å². The average molecular weight is 1010 g/mol. The van der Waals surface area contributed by atoms with Gasteiger partial charge in [-0.05, 0) is 77.0 Å². The Morgan fingerprint density at radius 2 is 0.653 bits per heavy atom. The van der Waals surface area contributed by atoms with Gasteiger partial charge in [0.05, 0.1) is 25.4 Å². The summed E-state index contributed by atoms with van der Waals surface area (Å²) in [4.78, 5) is 24.5. The number of carbonyl (C=O) groups excluding carboxylic acids is 2. The Morgan fingerprint density at radius 3 is 0.986 bits per heavy atom. The number of esters is 1. The maximum atomic E-state index is 12.4. The highest BCUT2D eigenvalue weighted by Gasteiger charge is 2.20. The predicted octanol–water partition coefficient (Wildman–Crippen LogP) is 20.6. The van der Waals surface area contributed by atoms with Gasteiger partial charge in [0.25, 0.3) is 0 Å². The lowest BCUT2D eigenvalue weighted by molar-refractivity contribution is -0.143. The molecule has 1 amide bonds. The number of nitrogens with one attached hydrogen (secondary N) is 1. The van der Waals surface area contributed by atoms with Crippen molar-refractivity contribution < 1.29 is 24.5 Å². The summed E-state index contributed by atoms with van der Waals surface area (Å²) in [6.07, 6.45) is 76.5. The van der Waals surface area contributed by atoms with Crippen LogP contribution in [0.5, 0.6) is 0 Å². The van der Waals surface area contributed by atoms with E-state index in [2.05, 4.69) is 43.5 Å². The molecule has 0 heterocycles. The standard InChI is InChI=1S/C66H127NO5/c1-3-5-7-9-11-13-14-15-16-17-31-34-37-40-44-48-52-56-60-66(71)72-61-57-53-49-45-41-38-35-32-29-27-25-23-21-19-18-20-22-24-26-28-30-33-36-39-43-47-51-55-59-65(70)67-63(62-68)64(69)58-54-50-46-42-12-10-8-6-4-2/h16-19,63-64,68-69H,3-15,20-62H2,1-2H3,(H,67,70)/b17-16-,19-18-. The van der Waals surface area contributed by atoms with E-state index in [1.807, 2.05) is 0 Å². The molecule has 426 valence electrons. The topological polar surface area (TPSA) is 95.9 Å². The number of aliphatic hydroxyl groups excluding tert-OH is 2. The van der Waals surface area contributed by atoms with Crippen LogP contribution in [-0.4, -0.2) is 47.4 Å². The number of ether oxygens (including phenoxy) is 1. The van der Waals surface area contributed by atoms with Crippen molar-refractivity contribution in [3.8, 4) is 0 Å². The van der Waals surface area contributed by atoms with E-state index in [0.717, 1.165) is 44.9 Å². The quantitative estimate of drug-likeness (QED) is 0.0320. The Morgan fingerprint density at radius 1 is 0.375 bits per heavy atom. The molecule has 0 saturated heterocycles. The minimum absolute atomic E-state index is 0.0132. The van der Waals surface area contributed by atoms with Crippen molar-refractivity contribution in [2.75, 3.05) is 13.2 Å². The van der Waals surface area contributed by atoms with Crippen molar-refractivity contribution in [2.24, 2.45) is 0 Å². The highest BCUT2D eigenvalue weighted by molar-refractivity contribution is 5.76. The first-order valence-corrected chi connectivity index (χ1v) is 32.6. The fourth-order valence-corrected chi connectivity index (χ4v) is 10.2. The van der Waals surface area contributed by atoms with Gasteiger partial charge in [0.15, 0.2) is 0 Å². The Bertz CT molecular complexity index is 1120. The molecule has 0 aliphatic carbocycles. The van der Waals surface area contributed by atoms with Crippen molar-refractivity contribution in [3.63, 3.8) is 0 Å². The SMILES string of the molecule is CCCCCCCCC/C=C\CCCCCCCCCC(=O)OCCCCCCCCCCCCCC/C=C\CCCCCCCCCCCCCCC(=O)NC(CO)C(O)CCCCCCCCCCC. The van der Waals surface area contributed by atoms with Crippen LogP contribution in [-0.2, 0) is 14.3 Å². The van der Waals surface area contributed by atoms with Gasteiger partial charge in [-0.2, -0.15) is 0 Å². The van der Waals surface area contributed by atoms with Crippen LogP contribution in [0.25, 0.3) is 0 Å². The fraction of sp³-hybridized carbons (Fsp3) is 0.909. The summed E-state index contributed by atoms with van der Waals surface area (Å²) in [7, 11) is 0. The Kier molecular flexibility index (Phi) is 60.5. The van der Waals surface area contributed by atoms with Gasteiger partial charge in [-0.1, -0.05) is 295 Å². The van der Waals surface area contributed by atoms with Gasteiger partial charge < -0.3 is 20.3 Å². The number of carbonyl (C=O) groups is 2. The normalized spacial score (nSPS) is 12.7. The second-order valence-corrected chi connectivity index (χ2v) is 22.4.